The first-order valence-electron chi connectivity index (χ1n) is 11.4. The highest BCUT2D eigenvalue weighted by Crippen LogP contribution is 2.39. The maximum absolute atomic E-state index is 12.8. The van der Waals surface area contributed by atoms with Crippen LogP contribution in [0.3, 0.4) is 0 Å². The summed E-state index contributed by atoms with van der Waals surface area (Å²) in [5.41, 5.74) is 0.223. The molecule has 1 N–H and O–H groups in total. The van der Waals surface area contributed by atoms with Gasteiger partial charge in [0.2, 0.25) is 0 Å². The Morgan fingerprint density at radius 2 is 1.76 bits per heavy atom. The number of alkyl halides is 3. The Labute approximate surface area is 197 Å². The van der Waals surface area contributed by atoms with Crippen molar-refractivity contribution in [2.75, 3.05) is 32.8 Å². The Hall–Kier alpha value is -2.81. The molecule has 2 aliphatic heterocycles. The lowest BCUT2D eigenvalue weighted by atomic mass is 9.77. The number of aliphatic carboxylic acids is 1. The van der Waals surface area contributed by atoms with Gasteiger partial charge in [0.25, 0.3) is 5.91 Å². The fourth-order valence-electron chi connectivity index (χ4n) is 4.59. The lowest BCUT2D eigenvalue weighted by Gasteiger charge is -2.57. The second kappa shape index (κ2) is 10.6. The van der Waals surface area contributed by atoms with E-state index in [2.05, 4.69) is 30.9 Å². The van der Waals surface area contributed by atoms with Crippen molar-refractivity contribution in [3.8, 4) is 5.75 Å². The summed E-state index contributed by atoms with van der Waals surface area (Å²) in [5.74, 6) is -1.21. The molecule has 0 radical (unpaired) electrons. The predicted molar refractivity (Wildman–Crippen MR) is 123 cm³/mol. The summed E-state index contributed by atoms with van der Waals surface area (Å²) < 4.78 is 37.6. The third kappa shape index (κ3) is 6.40. The van der Waals surface area contributed by atoms with Crippen molar-refractivity contribution in [2.45, 2.75) is 44.8 Å². The molecule has 1 spiro atoms. The van der Waals surface area contributed by atoms with Crippen molar-refractivity contribution < 1.29 is 32.6 Å². The molecule has 2 saturated heterocycles. The van der Waals surface area contributed by atoms with Gasteiger partial charge in [-0.15, -0.1) is 0 Å². The van der Waals surface area contributed by atoms with E-state index in [1.807, 2.05) is 35.2 Å². The third-order valence-corrected chi connectivity index (χ3v) is 6.34. The number of fused-ring (bicyclic) bond motifs is 1. The van der Waals surface area contributed by atoms with E-state index >= 15 is 0 Å². The van der Waals surface area contributed by atoms with Gasteiger partial charge in [0.15, 0.2) is 6.61 Å². The molecule has 0 aromatic heterocycles. The maximum Gasteiger partial charge on any atom is 0.490 e. The molecule has 1 unspecified atom stereocenters. The molecule has 4 rings (SSSR count). The van der Waals surface area contributed by atoms with E-state index in [9.17, 15) is 18.0 Å². The molecule has 0 saturated carbocycles. The van der Waals surface area contributed by atoms with E-state index in [4.69, 9.17) is 14.6 Å². The Balaban J connectivity index is 0.000000406. The van der Waals surface area contributed by atoms with Crippen molar-refractivity contribution in [3.63, 3.8) is 0 Å². The van der Waals surface area contributed by atoms with Gasteiger partial charge in [-0.2, -0.15) is 13.2 Å². The molecule has 0 bridgehead atoms. The summed E-state index contributed by atoms with van der Waals surface area (Å²) >= 11 is 0. The van der Waals surface area contributed by atoms with Crippen LogP contribution in [0.15, 0.2) is 42.5 Å². The number of carboxylic acids is 1. The van der Waals surface area contributed by atoms with Gasteiger partial charge in [0.05, 0.1) is 0 Å². The quantitative estimate of drug-likeness (QED) is 0.679. The van der Waals surface area contributed by atoms with Crippen LogP contribution in [0.1, 0.15) is 33.1 Å². The Kier molecular flexibility index (Phi) is 8.07. The molecule has 9 heteroatoms. The van der Waals surface area contributed by atoms with Crippen LogP contribution in [0.5, 0.6) is 5.75 Å². The van der Waals surface area contributed by atoms with Gasteiger partial charge in [-0.3, -0.25) is 9.69 Å². The largest absolute Gasteiger partial charge is 0.490 e. The van der Waals surface area contributed by atoms with Crippen molar-refractivity contribution in [1.29, 1.82) is 0 Å². The van der Waals surface area contributed by atoms with Gasteiger partial charge < -0.3 is 14.7 Å². The summed E-state index contributed by atoms with van der Waals surface area (Å²) in [4.78, 5) is 26.3. The summed E-state index contributed by atoms with van der Waals surface area (Å²) in [5, 5.41) is 9.45. The van der Waals surface area contributed by atoms with Crippen LogP contribution in [-0.4, -0.2) is 71.3 Å². The van der Waals surface area contributed by atoms with E-state index < -0.39 is 12.1 Å². The number of carbonyl (C=O) groups is 2. The summed E-state index contributed by atoms with van der Waals surface area (Å²) in [6.45, 7) is 8.70. The first kappa shape index (κ1) is 25.8. The van der Waals surface area contributed by atoms with Gasteiger partial charge in [-0.05, 0) is 48.1 Å². The zero-order valence-corrected chi connectivity index (χ0v) is 19.5. The average molecular weight is 481 g/mol. The molecule has 34 heavy (non-hydrogen) atoms. The summed E-state index contributed by atoms with van der Waals surface area (Å²) in [6, 6.07) is 14.2. The van der Waals surface area contributed by atoms with Crippen LogP contribution in [0.25, 0.3) is 10.8 Å². The van der Waals surface area contributed by atoms with Crippen LogP contribution in [0.2, 0.25) is 0 Å². The van der Waals surface area contributed by atoms with Gasteiger partial charge in [0, 0.05) is 31.7 Å². The van der Waals surface area contributed by atoms with Crippen LogP contribution in [0, 0.1) is 5.92 Å². The lowest BCUT2D eigenvalue weighted by molar-refractivity contribution is -0.192. The zero-order chi connectivity index (χ0) is 24.9. The average Bonchev–Trinajstić information content (AvgIpc) is 2.80. The Bertz CT molecular complexity index is 1010. The number of amides is 1. The van der Waals surface area contributed by atoms with Crippen molar-refractivity contribution in [2.24, 2.45) is 5.92 Å². The molecule has 1 atom stereocenters. The number of likely N-dealkylation sites (tertiary alicyclic amines) is 2. The molecule has 2 aromatic rings. The molecule has 1 amide bonds. The highest BCUT2D eigenvalue weighted by molar-refractivity contribution is 5.84. The topological polar surface area (TPSA) is 70.1 Å². The second-order valence-corrected chi connectivity index (χ2v) is 9.33. The number of nitrogens with zero attached hydrogens (tertiary/aromatic N) is 2. The van der Waals surface area contributed by atoms with E-state index in [1.165, 1.54) is 24.8 Å². The molecule has 0 aliphatic carbocycles. The lowest BCUT2D eigenvalue weighted by Crippen LogP contribution is -2.68. The molecule has 2 aliphatic rings. The Morgan fingerprint density at radius 3 is 2.35 bits per heavy atom. The highest BCUT2D eigenvalue weighted by atomic mass is 19.4. The Morgan fingerprint density at radius 1 is 1.09 bits per heavy atom. The number of benzene rings is 2. The predicted octanol–water partition coefficient (Wildman–Crippen LogP) is 4.57. The minimum absolute atomic E-state index is 0.110. The van der Waals surface area contributed by atoms with Crippen molar-refractivity contribution in [1.82, 2.24) is 9.80 Å². The first-order valence-corrected chi connectivity index (χ1v) is 11.4. The van der Waals surface area contributed by atoms with E-state index in [0.29, 0.717) is 5.92 Å². The monoisotopic (exact) mass is 480 g/mol. The molecule has 2 heterocycles. The van der Waals surface area contributed by atoms with Crippen LogP contribution >= 0.6 is 0 Å². The number of hydrogen-bond donors (Lipinski definition) is 1. The number of rotatable bonds is 5. The minimum Gasteiger partial charge on any atom is -0.484 e. The van der Waals surface area contributed by atoms with Gasteiger partial charge in [-0.1, -0.05) is 44.2 Å². The zero-order valence-electron chi connectivity index (χ0n) is 19.5. The number of carbonyl (C=O) groups excluding carboxylic acids is 1. The number of ether oxygens (including phenoxy) is 1. The fourth-order valence-corrected chi connectivity index (χ4v) is 4.59. The van der Waals surface area contributed by atoms with Crippen molar-refractivity contribution >= 4 is 22.6 Å². The van der Waals surface area contributed by atoms with E-state index in [-0.39, 0.29) is 18.1 Å². The summed E-state index contributed by atoms with van der Waals surface area (Å²) in [6.07, 6.45) is -1.56. The fraction of sp³-hybridized carbons (Fsp3) is 0.520. The molecular weight excluding hydrogens is 449 g/mol. The SMILES string of the molecule is CC(C)CN1CCC12CCCN(C(=O)COc1ccc3ccccc3c1)C2.O=C(O)C(F)(F)F. The van der Waals surface area contributed by atoms with Gasteiger partial charge in [0.1, 0.15) is 5.75 Å². The van der Waals surface area contributed by atoms with Crippen LogP contribution in [-0.2, 0) is 9.59 Å². The second-order valence-electron chi connectivity index (χ2n) is 9.33. The number of piperidine rings is 1. The third-order valence-electron chi connectivity index (χ3n) is 6.34. The summed E-state index contributed by atoms with van der Waals surface area (Å²) in [7, 11) is 0. The normalized spacial score (nSPS) is 20.6. The molecule has 186 valence electrons. The first-order chi connectivity index (χ1) is 16.0. The van der Waals surface area contributed by atoms with E-state index in [0.717, 1.165) is 37.2 Å². The number of hydrogen-bond acceptors (Lipinski definition) is 4. The highest BCUT2D eigenvalue weighted by Gasteiger charge is 2.47. The van der Waals surface area contributed by atoms with Gasteiger partial charge in [-0.25, -0.2) is 4.79 Å². The maximum atomic E-state index is 12.8. The molecule has 2 fully saturated rings. The molecular formula is C25H31F3N2O4. The standard InChI is InChI=1S/C23H30N2O2.C2HF3O2/c1-18(2)15-25-13-11-23(25)10-5-12-24(17-23)22(26)16-27-21-9-8-19-6-3-4-7-20(19)14-21;3-2(4,5)1(6)7/h3-4,6-9,14,18H,5,10-13,15-17H2,1-2H3;(H,6,7). The number of halogens is 3. The van der Waals surface area contributed by atoms with Crippen LogP contribution in [0.4, 0.5) is 13.2 Å². The number of carboxylic acid groups (broad SMARTS) is 1. The minimum atomic E-state index is -5.08. The van der Waals surface area contributed by atoms with Crippen molar-refractivity contribution in [3.05, 3.63) is 42.5 Å². The molecule has 6 nitrogen and oxygen atoms in total. The van der Waals surface area contributed by atoms with Gasteiger partial charge >= 0.3 is 12.1 Å². The van der Waals surface area contributed by atoms with E-state index in [1.54, 1.807) is 0 Å². The van der Waals surface area contributed by atoms with Crippen LogP contribution < -0.4 is 4.74 Å². The smallest absolute Gasteiger partial charge is 0.484 e. The molecule has 2 aromatic carbocycles.